The smallest absolute Gasteiger partial charge is 0.147 e. The molecule has 162 valence electrons. The van der Waals surface area contributed by atoms with E-state index in [-0.39, 0.29) is 12.1 Å². The number of hydrogen-bond acceptors (Lipinski definition) is 4. The SMILES string of the molecule is C1=CNC2C(=C1)C=CC1=CC(c3c4oc5ccccc5c4cc4c3oc3ccccc34)=CNC12. The predicted octanol–water partition coefficient (Wildman–Crippen LogP) is 6.71. The molecule has 3 aromatic carbocycles. The van der Waals surface area contributed by atoms with Crippen LogP contribution in [0.25, 0.3) is 49.5 Å². The molecular formula is C30H20N2O2. The summed E-state index contributed by atoms with van der Waals surface area (Å²) in [4.78, 5) is 0. The average Bonchev–Trinajstić information content (AvgIpc) is 3.45. The second kappa shape index (κ2) is 6.55. The monoisotopic (exact) mass is 440 g/mol. The number of furan rings is 2. The number of rotatable bonds is 1. The fourth-order valence-electron chi connectivity index (χ4n) is 5.63. The van der Waals surface area contributed by atoms with Crippen molar-refractivity contribution in [1.82, 2.24) is 10.6 Å². The van der Waals surface area contributed by atoms with E-state index in [0.717, 1.165) is 55.0 Å². The summed E-state index contributed by atoms with van der Waals surface area (Å²) in [6.07, 6.45) is 15.0. The first-order chi connectivity index (χ1) is 16.8. The second-order valence-electron chi connectivity index (χ2n) is 9.09. The molecule has 4 heterocycles. The first-order valence-corrected chi connectivity index (χ1v) is 11.6. The van der Waals surface area contributed by atoms with E-state index in [1.807, 2.05) is 30.5 Å². The van der Waals surface area contributed by atoms with Crippen LogP contribution in [0.4, 0.5) is 0 Å². The molecule has 4 heteroatoms. The zero-order chi connectivity index (χ0) is 22.2. The van der Waals surface area contributed by atoms with Gasteiger partial charge in [-0.15, -0.1) is 0 Å². The summed E-state index contributed by atoms with van der Waals surface area (Å²) >= 11 is 0. The first kappa shape index (κ1) is 18.0. The molecule has 1 aliphatic carbocycles. The van der Waals surface area contributed by atoms with Gasteiger partial charge < -0.3 is 19.5 Å². The van der Waals surface area contributed by atoms with Crippen molar-refractivity contribution >= 4 is 49.5 Å². The molecule has 4 nitrogen and oxygen atoms in total. The average molecular weight is 441 g/mol. The van der Waals surface area contributed by atoms with Crippen LogP contribution in [-0.4, -0.2) is 12.1 Å². The summed E-state index contributed by atoms with van der Waals surface area (Å²) in [5.41, 5.74) is 8.05. The Kier molecular flexibility index (Phi) is 3.47. The van der Waals surface area contributed by atoms with Crippen molar-refractivity contribution < 1.29 is 8.83 Å². The van der Waals surface area contributed by atoms with E-state index in [1.165, 1.54) is 11.1 Å². The van der Waals surface area contributed by atoms with E-state index in [4.69, 9.17) is 8.83 Å². The van der Waals surface area contributed by atoms with E-state index in [0.29, 0.717) is 0 Å². The number of para-hydroxylation sites is 2. The summed E-state index contributed by atoms with van der Waals surface area (Å²) in [5, 5.41) is 11.6. The van der Waals surface area contributed by atoms with Gasteiger partial charge in [0.2, 0.25) is 0 Å². The Labute approximate surface area is 195 Å². The third kappa shape index (κ3) is 2.37. The number of allylic oxidation sites excluding steroid dienone is 4. The largest absolute Gasteiger partial charge is 0.455 e. The molecule has 0 saturated carbocycles. The molecule has 2 atom stereocenters. The molecule has 34 heavy (non-hydrogen) atoms. The minimum Gasteiger partial charge on any atom is -0.455 e. The first-order valence-electron chi connectivity index (χ1n) is 11.6. The highest BCUT2D eigenvalue weighted by atomic mass is 16.3. The van der Waals surface area contributed by atoms with Crippen LogP contribution in [0.1, 0.15) is 5.56 Å². The number of nitrogens with one attached hydrogen (secondary N) is 2. The Hall–Kier alpha value is -4.44. The molecular weight excluding hydrogens is 420 g/mol. The summed E-state index contributed by atoms with van der Waals surface area (Å²) in [7, 11) is 0. The maximum Gasteiger partial charge on any atom is 0.147 e. The van der Waals surface area contributed by atoms with Gasteiger partial charge in [-0.1, -0.05) is 54.6 Å². The van der Waals surface area contributed by atoms with Gasteiger partial charge in [0.15, 0.2) is 0 Å². The maximum atomic E-state index is 6.46. The second-order valence-corrected chi connectivity index (χ2v) is 9.09. The van der Waals surface area contributed by atoms with E-state index < -0.39 is 0 Å². The third-order valence-corrected chi connectivity index (χ3v) is 7.22. The molecule has 2 N–H and O–H groups in total. The van der Waals surface area contributed by atoms with E-state index in [1.54, 1.807) is 0 Å². The van der Waals surface area contributed by atoms with Crippen molar-refractivity contribution in [3.8, 4) is 0 Å². The number of dihydropyridines is 2. The molecule has 0 spiro atoms. The Bertz CT molecular complexity index is 1730. The lowest BCUT2D eigenvalue weighted by Gasteiger charge is -2.36. The third-order valence-electron chi connectivity index (χ3n) is 7.22. The van der Waals surface area contributed by atoms with Gasteiger partial charge in [-0.05, 0) is 47.7 Å². The predicted molar refractivity (Wildman–Crippen MR) is 137 cm³/mol. The van der Waals surface area contributed by atoms with Crippen LogP contribution < -0.4 is 10.6 Å². The summed E-state index contributed by atoms with van der Waals surface area (Å²) in [6, 6.07) is 19.1. The Balaban J connectivity index is 1.42. The Morgan fingerprint density at radius 2 is 1.32 bits per heavy atom. The molecule has 2 unspecified atom stereocenters. The molecule has 0 amide bonds. The molecule has 3 aliphatic rings. The van der Waals surface area contributed by atoms with Crippen LogP contribution in [0.2, 0.25) is 0 Å². The molecule has 5 aromatic rings. The molecule has 0 saturated heterocycles. The standard InChI is InChI=1S/C30H20N2O2/c1-3-9-24-20(7-1)22-15-23-21-8-2-4-10-25(21)34-30(23)26(29(22)33-24)19-14-18-12-11-17-6-5-13-31-27(17)28(18)32-16-19/h1-16,27-28,31-32H. The van der Waals surface area contributed by atoms with Crippen molar-refractivity contribution in [1.29, 1.82) is 0 Å². The zero-order valence-corrected chi connectivity index (χ0v) is 18.2. The number of fused-ring (bicyclic) bond motifs is 9. The molecule has 2 aromatic heterocycles. The fraction of sp³-hybridized carbons (Fsp3) is 0.0667. The highest BCUT2D eigenvalue weighted by Gasteiger charge is 2.32. The maximum absolute atomic E-state index is 6.46. The van der Waals surface area contributed by atoms with Gasteiger partial charge in [0.25, 0.3) is 0 Å². The molecule has 0 bridgehead atoms. The highest BCUT2D eigenvalue weighted by Crippen LogP contribution is 2.43. The minimum absolute atomic E-state index is 0.172. The van der Waals surface area contributed by atoms with E-state index >= 15 is 0 Å². The quantitative estimate of drug-likeness (QED) is 0.304. The summed E-state index contributed by atoms with van der Waals surface area (Å²) in [6.45, 7) is 0. The van der Waals surface area contributed by atoms with Crippen molar-refractivity contribution in [3.05, 3.63) is 114 Å². The fourth-order valence-corrected chi connectivity index (χ4v) is 5.63. The van der Waals surface area contributed by atoms with Gasteiger partial charge in [0.05, 0.1) is 17.6 Å². The lowest BCUT2D eigenvalue weighted by Crippen LogP contribution is -2.49. The van der Waals surface area contributed by atoms with Crippen molar-refractivity contribution in [2.75, 3.05) is 0 Å². The molecule has 8 rings (SSSR count). The van der Waals surface area contributed by atoms with Crippen LogP contribution in [0.15, 0.2) is 117 Å². The Morgan fingerprint density at radius 3 is 2.06 bits per heavy atom. The van der Waals surface area contributed by atoms with Crippen molar-refractivity contribution in [2.24, 2.45) is 0 Å². The summed E-state index contributed by atoms with van der Waals surface area (Å²) < 4.78 is 12.9. The van der Waals surface area contributed by atoms with Crippen LogP contribution in [-0.2, 0) is 0 Å². The van der Waals surface area contributed by atoms with Crippen LogP contribution in [0, 0.1) is 0 Å². The van der Waals surface area contributed by atoms with E-state index in [2.05, 4.69) is 77.5 Å². The molecule has 0 radical (unpaired) electrons. The van der Waals surface area contributed by atoms with Crippen molar-refractivity contribution in [2.45, 2.75) is 12.1 Å². The van der Waals surface area contributed by atoms with Crippen LogP contribution >= 0.6 is 0 Å². The van der Waals surface area contributed by atoms with E-state index in [9.17, 15) is 0 Å². The minimum atomic E-state index is 0.172. The van der Waals surface area contributed by atoms with Crippen LogP contribution in [0.3, 0.4) is 0 Å². The van der Waals surface area contributed by atoms with Gasteiger partial charge in [0, 0.05) is 33.3 Å². The van der Waals surface area contributed by atoms with Crippen LogP contribution in [0.5, 0.6) is 0 Å². The van der Waals surface area contributed by atoms with Gasteiger partial charge in [-0.25, -0.2) is 0 Å². The molecule has 2 aliphatic heterocycles. The van der Waals surface area contributed by atoms with Gasteiger partial charge in [-0.3, -0.25) is 0 Å². The van der Waals surface area contributed by atoms with Gasteiger partial charge in [0.1, 0.15) is 22.3 Å². The molecule has 0 fully saturated rings. The summed E-state index contributed by atoms with van der Waals surface area (Å²) in [5.74, 6) is 0. The Morgan fingerprint density at radius 1 is 0.676 bits per heavy atom. The zero-order valence-electron chi connectivity index (χ0n) is 18.2. The normalized spacial score (nSPS) is 21.1. The number of benzene rings is 3. The van der Waals surface area contributed by atoms with Crippen molar-refractivity contribution in [3.63, 3.8) is 0 Å². The topological polar surface area (TPSA) is 50.3 Å². The van der Waals surface area contributed by atoms with Gasteiger partial charge in [-0.2, -0.15) is 0 Å². The lowest BCUT2D eigenvalue weighted by atomic mass is 9.83. The van der Waals surface area contributed by atoms with Gasteiger partial charge >= 0.3 is 0 Å². The lowest BCUT2D eigenvalue weighted by molar-refractivity contribution is 0.523. The number of hydrogen-bond donors (Lipinski definition) is 2. The highest BCUT2D eigenvalue weighted by molar-refractivity contribution is 6.20.